The van der Waals surface area contributed by atoms with Gasteiger partial charge in [-0.1, -0.05) is 182 Å². The smallest absolute Gasteiger partial charge is 0.132 e. The van der Waals surface area contributed by atoms with Gasteiger partial charge in [-0.2, -0.15) is 0 Å². The molecule has 0 spiro atoms. The van der Waals surface area contributed by atoms with Crippen LogP contribution in [0, 0.1) is 5.92 Å². The Kier molecular flexibility index (Phi) is 6.96. The van der Waals surface area contributed by atoms with Gasteiger partial charge in [-0.15, -0.1) is 0 Å². The fourth-order valence-corrected chi connectivity index (χ4v) is 9.82. The largest absolute Gasteiger partial charge is 0.461 e. The van der Waals surface area contributed by atoms with Gasteiger partial charge in [-0.3, -0.25) is 0 Å². The molecule has 4 aliphatic rings. The van der Waals surface area contributed by atoms with Crippen molar-refractivity contribution >= 4 is 0 Å². The Hall–Kier alpha value is -5.92. The van der Waals surface area contributed by atoms with Crippen LogP contribution in [-0.2, 0) is 10.8 Å². The number of benzene rings is 6. The van der Waals surface area contributed by atoms with Gasteiger partial charge >= 0.3 is 0 Å². The minimum atomic E-state index is -0.453. The Labute approximate surface area is 300 Å². The molecule has 3 aliphatic carbocycles. The summed E-state index contributed by atoms with van der Waals surface area (Å²) in [4.78, 5) is 0. The molecule has 0 bridgehead atoms. The SMILES string of the molecule is C1=CCCC(C2(c3ccc(-c4cccc5c4C(c4ccccc4)(c4ccccc4)C4CC=CC=C4O5)cc3)c3ccccc3-c3ccccc32)=C1. The number of rotatable bonds is 5. The molecule has 6 aromatic rings. The van der Waals surface area contributed by atoms with E-state index in [1.807, 2.05) is 0 Å². The molecule has 0 saturated carbocycles. The van der Waals surface area contributed by atoms with E-state index in [0.29, 0.717) is 0 Å². The first-order valence-electron chi connectivity index (χ1n) is 18.3. The second-order valence-corrected chi connectivity index (χ2v) is 14.2. The van der Waals surface area contributed by atoms with Gasteiger partial charge in [0.1, 0.15) is 11.5 Å². The van der Waals surface area contributed by atoms with Gasteiger partial charge in [0.05, 0.1) is 10.8 Å². The lowest BCUT2D eigenvalue weighted by molar-refractivity contribution is 0.251. The lowest BCUT2D eigenvalue weighted by Crippen LogP contribution is -2.44. The lowest BCUT2D eigenvalue weighted by Gasteiger charge is -2.48. The summed E-state index contributed by atoms with van der Waals surface area (Å²) < 4.78 is 6.87. The summed E-state index contributed by atoms with van der Waals surface area (Å²) in [5.41, 5.74) is 13.6. The number of hydrogen-bond donors (Lipinski definition) is 0. The maximum absolute atomic E-state index is 6.87. The van der Waals surface area contributed by atoms with Crippen LogP contribution in [0.25, 0.3) is 22.3 Å². The average molecular weight is 655 g/mol. The molecular formula is C50H38O. The zero-order valence-corrected chi connectivity index (χ0v) is 28.5. The summed E-state index contributed by atoms with van der Waals surface area (Å²) in [6.07, 6.45) is 16.5. The number of allylic oxidation sites excluding steroid dienone is 8. The van der Waals surface area contributed by atoms with Gasteiger partial charge in [-0.25, -0.2) is 0 Å². The standard InChI is InChI=1S/C50H38O/c1-4-17-36(18-5-1)49(43-26-12-10-23-41(43)42-24-11-13-27-44(42)49)39-33-31-35(32-34-39)40-25-16-30-47-48(40)50(37-19-6-2-7-20-37,38-21-8-3-9-22-38)45-28-14-15-29-46(45)51-47/h1-4,6-17,19-27,29-34,45H,5,18,28H2. The molecule has 1 heteroatoms. The van der Waals surface area contributed by atoms with Crippen LogP contribution in [0.2, 0.25) is 0 Å². The zero-order chi connectivity index (χ0) is 33.8. The Morgan fingerprint density at radius 2 is 1.12 bits per heavy atom. The summed E-state index contributed by atoms with van der Waals surface area (Å²) in [5, 5.41) is 0. The first-order chi connectivity index (χ1) is 25.3. The van der Waals surface area contributed by atoms with Crippen LogP contribution in [0.4, 0.5) is 0 Å². The van der Waals surface area contributed by atoms with Crippen LogP contribution >= 0.6 is 0 Å². The van der Waals surface area contributed by atoms with Crippen molar-refractivity contribution in [1.82, 2.24) is 0 Å². The first kappa shape index (κ1) is 29.9. The monoisotopic (exact) mass is 654 g/mol. The second kappa shape index (κ2) is 11.9. The third-order valence-electron chi connectivity index (χ3n) is 11.8. The predicted molar refractivity (Wildman–Crippen MR) is 209 cm³/mol. The van der Waals surface area contributed by atoms with Crippen molar-refractivity contribution in [3.05, 3.63) is 233 Å². The highest BCUT2D eigenvalue weighted by Crippen LogP contribution is 2.60. The van der Waals surface area contributed by atoms with E-state index in [2.05, 4.69) is 188 Å². The predicted octanol–water partition coefficient (Wildman–Crippen LogP) is 12.1. The Morgan fingerprint density at radius 1 is 0.510 bits per heavy atom. The molecule has 1 unspecified atom stereocenters. The fraction of sp³-hybridized carbons (Fsp3) is 0.120. The highest BCUT2D eigenvalue weighted by Gasteiger charge is 2.52. The van der Waals surface area contributed by atoms with Crippen molar-refractivity contribution in [3.8, 4) is 28.0 Å². The maximum atomic E-state index is 6.87. The van der Waals surface area contributed by atoms with Crippen LogP contribution in [0.3, 0.4) is 0 Å². The van der Waals surface area contributed by atoms with E-state index in [1.54, 1.807) is 0 Å². The van der Waals surface area contributed by atoms with Crippen LogP contribution in [0.15, 0.2) is 199 Å². The Balaban J connectivity index is 1.21. The maximum Gasteiger partial charge on any atom is 0.132 e. The van der Waals surface area contributed by atoms with E-state index < -0.39 is 5.41 Å². The summed E-state index contributed by atoms with van der Waals surface area (Å²) in [6.45, 7) is 0. The summed E-state index contributed by atoms with van der Waals surface area (Å²) in [7, 11) is 0. The summed E-state index contributed by atoms with van der Waals surface area (Å²) >= 11 is 0. The molecule has 51 heavy (non-hydrogen) atoms. The first-order valence-corrected chi connectivity index (χ1v) is 18.3. The van der Waals surface area contributed by atoms with Crippen LogP contribution in [0.5, 0.6) is 5.75 Å². The molecule has 0 N–H and O–H groups in total. The van der Waals surface area contributed by atoms with Crippen molar-refractivity contribution in [2.24, 2.45) is 5.92 Å². The summed E-state index contributed by atoms with van der Waals surface area (Å²) in [6, 6.07) is 56.4. The number of hydrogen-bond acceptors (Lipinski definition) is 1. The molecule has 0 amide bonds. The van der Waals surface area contributed by atoms with Crippen molar-refractivity contribution in [2.45, 2.75) is 30.1 Å². The van der Waals surface area contributed by atoms with Crippen LogP contribution in [0.1, 0.15) is 52.6 Å². The van der Waals surface area contributed by atoms with Crippen molar-refractivity contribution in [1.29, 1.82) is 0 Å². The van der Waals surface area contributed by atoms with Crippen LogP contribution < -0.4 is 4.74 Å². The highest BCUT2D eigenvalue weighted by atomic mass is 16.5. The Bertz CT molecular complexity index is 2320. The minimum Gasteiger partial charge on any atom is -0.461 e. The Morgan fingerprint density at radius 3 is 1.76 bits per heavy atom. The average Bonchev–Trinajstić information content (AvgIpc) is 3.52. The zero-order valence-electron chi connectivity index (χ0n) is 28.5. The van der Waals surface area contributed by atoms with E-state index in [0.717, 1.165) is 30.8 Å². The van der Waals surface area contributed by atoms with Crippen LogP contribution in [-0.4, -0.2) is 0 Å². The van der Waals surface area contributed by atoms with Gasteiger partial charge in [0.15, 0.2) is 0 Å². The van der Waals surface area contributed by atoms with Crippen molar-refractivity contribution in [3.63, 3.8) is 0 Å². The minimum absolute atomic E-state index is 0.112. The molecule has 1 aliphatic heterocycles. The third-order valence-corrected chi connectivity index (χ3v) is 11.8. The third kappa shape index (κ3) is 4.28. The van der Waals surface area contributed by atoms with Gasteiger partial charge in [0.25, 0.3) is 0 Å². The number of ether oxygens (including phenoxy) is 1. The van der Waals surface area contributed by atoms with Gasteiger partial charge in [0, 0.05) is 11.5 Å². The van der Waals surface area contributed by atoms with E-state index in [1.165, 1.54) is 61.2 Å². The fourth-order valence-electron chi connectivity index (χ4n) is 9.82. The van der Waals surface area contributed by atoms with Gasteiger partial charge < -0.3 is 4.74 Å². The normalized spacial score (nSPS) is 18.7. The van der Waals surface area contributed by atoms with Crippen molar-refractivity contribution in [2.75, 3.05) is 0 Å². The van der Waals surface area contributed by atoms with E-state index in [9.17, 15) is 0 Å². The molecule has 0 fully saturated rings. The highest BCUT2D eigenvalue weighted by molar-refractivity contribution is 5.86. The molecule has 10 rings (SSSR count). The molecule has 1 heterocycles. The molecule has 6 aromatic carbocycles. The van der Waals surface area contributed by atoms with E-state index in [4.69, 9.17) is 4.74 Å². The quantitative estimate of drug-likeness (QED) is 0.180. The molecule has 0 saturated heterocycles. The molecule has 0 radical (unpaired) electrons. The van der Waals surface area contributed by atoms with Gasteiger partial charge in [0.2, 0.25) is 0 Å². The summed E-state index contributed by atoms with van der Waals surface area (Å²) in [5.74, 6) is 2.07. The number of fused-ring (bicyclic) bond motifs is 5. The van der Waals surface area contributed by atoms with Gasteiger partial charge in [-0.05, 0) is 81.5 Å². The molecule has 1 nitrogen and oxygen atoms in total. The molecule has 0 aromatic heterocycles. The van der Waals surface area contributed by atoms with E-state index >= 15 is 0 Å². The second-order valence-electron chi connectivity index (χ2n) is 14.2. The van der Waals surface area contributed by atoms with Crippen molar-refractivity contribution < 1.29 is 4.74 Å². The topological polar surface area (TPSA) is 9.23 Å². The lowest BCUT2D eigenvalue weighted by atomic mass is 9.57. The molecule has 1 atom stereocenters. The molecule has 244 valence electrons. The van der Waals surface area contributed by atoms with E-state index in [-0.39, 0.29) is 11.3 Å². The molecular weight excluding hydrogens is 617 g/mol.